The van der Waals surface area contributed by atoms with Crippen LogP contribution in [-0.2, 0) is 14.8 Å². The smallest absolute Gasteiger partial charge is 0.264 e. The van der Waals surface area contributed by atoms with Crippen molar-refractivity contribution < 1.29 is 22.3 Å². The molecule has 10 heteroatoms. The highest BCUT2D eigenvalue weighted by Gasteiger charge is 2.29. The predicted octanol–water partition coefficient (Wildman–Crippen LogP) is 4.98. The van der Waals surface area contributed by atoms with Crippen molar-refractivity contribution in [3.05, 3.63) is 82.6 Å². The molecule has 0 aliphatic heterocycles. The molecule has 0 unspecified atom stereocenters. The molecule has 3 aromatic carbocycles. The number of sulfonamides is 1. The van der Waals surface area contributed by atoms with Crippen LogP contribution >= 0.6 is 23.2 Å². The average Bonchev–Trinajstić information content (AvgIpc) is 2.75. The zero-order valence-corrected chi connectivity index (χ0v) is 18.5. The fourth-order valence-corrected chi connectivity index (χ4v) is 4.51. The summed E-state index contributed by atoms with van der Waals surface area (Å²) in [4.78, 5) is 12.6. The summed E-state index contributed by atoms with van der Waals surface area (Å²) >= 11 is 12.0. The number of anilines is 2. The van der Waals surface area contributed by atoms with Crippen LogP contribution in [0.15, 0.2) is 71.6 Å². The lowest BCUT2D eigenvalue weighted by atomic mass is 10.3. The van der Waals surface area contributed by atoms with E-state index in [9.17, 15) is 17.6 Å². The normalized spacial score (nSPS) is 11.1. The third-order valence-corrected chi connectivity index (χ3v) is 6.60. The Morgan fingerprint density at radius 2 is 1.74 bits per heavy atom. The number of carbonyl (C=O) groups excluding carboxylic acids is 1. The van der Waals surface area contributed by atoms with Gasteiger partial charge >= 0.3 is 0 Å². The number of carbonyl (C=O) groups is 1. The first-order valence-corrected chi connectivity index (χ1v) is 11.1. The molecule has 3 rings (SSSR count). The minimum atomic E-state index is -4.29. The van der Waals surface area contributed by atoms with Gasteiger partial charge < -0.3 is 10.1 Å². The first kappa shape index (κ1) is 22.9. The fraction of sp³-hybridized carbons (Fsp3) is 0.0952. The number of nitrogens with one attached hydrogen (secondary N) is 1. The number of benzene rings is 3. The Morgan fingerprint density at radius 3 is 2.39 bits per heavy atom. The zero-order chi connectivity index (χ0) is 22.6. The molecule has 0 radical (unpaired) electrons. The summed E-state index contributed by atoms with van der Waals surface area (Å²) in [5.74, 6) is -1.08. The van der Waals surface area contributed by atoms with Gasteiger partial charge in [0.05, 0.1) is 28.4 Å². The molecule has 0 fully saturated rings. The highest BCUT2D eigenvalue weighted by molar-refractivity contribution is 7.92. The SMILES string of the molecule is COc1ccc(S(=O)(=O)N(CC(=O)Nc2cc(Cl)ccc2Cl)c2ccccc2F)cc1. The van der Waals surface area contributed by atoms with Crippen LogP contribution in [0.3, 0.4) is 0 Å². The number of halogens is 3. The Hall–Kier alpha value is -2.81. The number of hydrogen-bond donors (Lipinski definition) is 1. The molecule has 162 valence electrons. The lowest BCUT2D eigenvalue weighted by Crippen LogP contribution is -2.38. The van der Waals surface area contributed by atoms with Gasteiger partial charge in [-0.05, 0) is 54.6 Å². The Balaban J connectivity index is 1.97. The van der Waals surface area contributed by atoms with Crippen LogP contribution in [-0.4, -0.2) is 28.0 Å². The van der Waals surface area contributed by atoms with Crippen LogP contribution in [0.25, 0.3) is 0 Å². The summed E-state index contributed by atoms with van der Waals surface area (Å²) in [6.45, 7) is -0.696. The van der Waals surface area contributed by atoms with E-state index < -0.39 is 28.3 Å². The van der Waals surface area contributed by atoms with Crippen molar-refractivity contribution >= 4 is 50.5 Å². The van der Waals surface area contributed by atoms with Gasteiger partial charge in [0.25, 0.3) is 10.0 Å². The number of para-hydroxylation sites is 1. The second kappa shape index (κ2) is 9.55. The molecule has 31 heavy (non-hydrogen) atoms. The summed E-state index contributed by atoms with van der Waals surface area (Å²) in [5.41, 5.74) is -0.0693. The summed E-state index contributed by atoms with van der Waals surface area (Å²) in [6.07, 6.45) is 0. The van der Waals surface area contributed by atoms with Crippen LogP contribution < -0.4 is 14.4 Å². The van der Waals surface area contributed by atoms with Gasteiger partial charge in [0.1, 0.15) is 18.1 Å². The average molecular weight is 483 g/mol. The van der Waals surface area contributed by atoms with E-state index in [1.807, 2.05) is 0 Å². The number of methoxy groups -OCH3 is 1. The lowest BCUT2D eigenvalue weighted by molar-refractivity contribution is -0.114. The maximum Gasteiger partial charge on any atom is 0.264 e. The van der Waals surface area contributed by atoms with Crippen molar-refractivity contribution in [3.8, 4) is 5.75 Å². The van der Waals surface area contributed by atoms with E-state index in [4.69, 9.17) is 27.9 Å². The largest absolute Gasteiger partial charge is 0.497 e. The molecule has 3 aromatic rings. The maximum atomic E-state index is 14.5. The molecule has 1 amide bonds. The fourth-order valence-electron chi connectivity index (χ4n) is 2.74. The Bertz CT molecular complexity index is 1200. The van der Waals surface area contributed by atoms with E-state index in [1.54, 1.807) is 6.07 Å². The molecule has 0 bridgehead atoms. The Labute approximate surface area is 189 Å². The predicted molar refractivity (Wildman–Crippen MR) is 119 cm³/mol. The number of hydrogen-bond acceptors (Lipinski definition) is 4. The van der Waals surface area contributed by atoms with Crippen molar-refractivity contribution in [1.82, 2.24) is 0 Å². The number of rotatable bonds is 7. The maximum absolute atomic E-state index is 14.5. The summed E-state index contributed by atoms with van der Waals surface area (Å²) in [7, 11) is -2.84. The van der Waals surface area contributed by atoms with Crippen molar-refractivity contribution in [3.63, 3.8) is 0 Å². The second-order valence-corrected chi connectivity index (χ2v) is 9.02. The topological polar surface area (TPSA) is 75.7 Å². The monoisotopic (exact) mass is 482 g/mol. The molecule has 0 heterocycles. The van der Waals surface area contributed by atoms with E-state index in [2.05, 4.69) is 5.32 Å². The van der Waals surface area contributed by atoms with Crippen LogP contribution in [0.1, 0.15) is 0 Å². The number of amides is 1. The molecular formula is C21H17Cl2FN2O4S. The zero-order valence-electron chi connectivity index (χ0n) is 16.2. The van der Waals surface area contributed by atoms with Gasteiger partial charge in [-0.1, -0.05) is 35.3 Å². The van der Waals surface area contributed by atoms with E-state index in [-0.39, 0.29) is 21.3 Å². The van der Waals surface area contributed by atoms with E-state index in [0.717, 1.165) is 6.07 Å². The summed E-state index contributed by atoms with van der Waals surface area (Å²) < 4.78 is 46.8. The molecule has 6 nitrogen and oxygen atoms in total. The van der Waals surface area contributed by atoms with Gasteiger partial charge in [-0.15, -0.1) is 0 Å². The molecule has 0 saturated carbocycles. The lowest BCUT2D eigenvalue weighted by Gasteiger charge is -2.24. The molecule has 0 aliphatic carbocycles. The van der Waals surface area contributed by atoms with Gasteiger partial charge in [-0.2, -0.15) is 0 Å². The van der Waals surface area contributed by atoms with Gasteiger partial charge in [0.2, 0.25) is 5.91 Å². The third-order valence-electron chi connectivity index (χ3n) is 4.26. The molecule has 0 aliphatic rings. The molecule has 0 atom stereocenters. The van der Waals surface area contributed by atoms with Crippen LogP contribution in [0.4, 0.5) is 15.8 Å². The Kier molecular flexibility index (Phi) is 7.04. The minimum absolute atomic E-state index is 0.134. The van der Waals surface area contributed by atoms with Gasteiger partial charge in [-0.25, -0.2) is 12.8 Å². The molecule has 0 aromatic heterocycles. The van der Waals surface area contributed by atoms with E-state index in [0.29, 0.717) is 15.1 Å². The number of nitrogens with zero attached hydrogens (tertiary/aromatic N) is 1. The van der Waals surface area contributed by atoms with Gasteiger partial charge in [0, 0.05) is 5.02 Å². The third kappa shape index (κ3) is 5.28. The highest BCUT2D eigenvalue weighted by Crippen LogP contribution is 2.29. The van der Waals surface area contributed by atoms with Crippen LogP contribution in [0.5, 0.6) is 5.75 Å². The standard InChI is InChI=1S/C21H17Cl2FN2O4S/c1-30-15-7-9-16(10-8-15)31(28,29)26(20-5-3-2-4-18(20)24)13-21(27)25-19-12-14(22)6-11-17(19)23/h2-12H,13H2,1H3,(H,25,27). The van der Waals surface area contributed by atoms with Gasteiger partial charge in [-0.3, -0.25) is 9.10 Å². The summed E-state index contributed by atoms with van der Waals surface area (Å²) in [5, 5.41) is 3.05. The van der Waals surface area contributed by atoms with Crippen LogP contribution in [0, 0.1) is 5.82 Å². The van der Waals surface area contributed by atoms with E-state index in [1.165, 1.54) is 61.7 Å². The molecule has 0 saturated heterocycles. The van der Waals surface area contributed by atoms with E-state index >= 15 is 0 Å². The van der Waals surface area contributed by atoms with Crippen molar-refractivity contribution in [2.24, 2.45) is 0 Å². The molecule has 1 N–H and O–H groups in total. The second-order valence-electron chi connectivity index (χ2n) is 6.31. The first-order valence-electron chi connectivity index (χ1n) is 8.88. The quantitative estimate of drug-likeness (QED) is 0.515. The highest BCUT2D eigenvalue weighted by atomic mass is 35.5. The van der Waals surface area contributed by atoms with Gasteiger partial charge in [0.15, 0.2) is 0 Å². The molecule has 0 spiro atoms. The number of ether oxygens (including phenoxy) is 1. The van der Waals surface area contributed by atoms with Crippen molar-refractivity contribution in [2.45, 2.75) is 4.90 Å². The summed E-state index contributed by atoms with van der Waals surface area (Å²) in [6, 6.07) is 15.3. The molecular weight excluding hydrogens is 466 g/mol. The Morgan fingerprint density at radius 1 is 1.06 bits per heavy atom. The first-order chi connectivity index (χ1) is 14.7. The minimum Gasteiger partial charge on any atom is -0.497 e. The van der Waals surface area contributed by atoms with Crippen molar-refractivity contribution in [1.29, 1.82) is 0 Å². The van der Waals surface area contributed by atoms with Crippen molar-refractivity contribution in [2.75, 3.05) is 23.3 Å². The van der Waals surface area contributed by atoms with Crippen LogP contribution in [0.2, 0.25) is 10.0 Å².